The Kier molecular flexibility index (Phi) is 6.80. The highest BCUT2D eigenvalue weighted by Gasteiger charge is 2.16. The summed E-state index contributed by atoms with van der Waals surface area (Å²) < 4.78 is 0. The van der Waals surface area contributed by atoms with Crippen LogP contribution in [-0.4, -0.2) is 15.0 Å². The highest BCUT2D eigenvalue weighted by molar-refractivity contribution is 6.07. The molecule has 224 valence electrons. The topological polar surface area (TPSA) is 38.7 Å². The van der Waals surface area contributed by atoms with E-state index in [0.29, 0.717) is 17.5 Å². The summed E-state index contributed by atoms with van der Waals surface area (Å²) in [6.07, 6.45) is 0. The molecular formula is C45H29N3. The van der Waals surface area contributed by atoms with Gasteiger partial charge in [0.25, 0.3) is 0 Å². The van der Waals surface area contributed by atoms with Gasteiger partial charge in [-0.25, -0.2) is 15.0 Å². The quantitative estimate of drug-likeness (QED) is 0.194. The number of hydrogen-bond acceptors (Lipinski definition) is 3. The zero-order chi connectivity index (χ0) is 31.9. The lowest BCUT2D eigenvalue weighted by molar-refractivity contribution is 1.08. The van der Waals surface area contributed by atoms with Crippen molar-refractivity contribution in [1.82, 2.24) is 15.0 Å². The molecule has 48 heavy (non-hydrogen) atoms. The maximum absolute atomic E-state index is 5.19. The van der Waals surface area contributed by atoms with Crippen molar-refractivity contribution in [1.29, 1.82) is 0 Å². The first-order valence-electron chi connectivity index (χ1n) is 16.2. The first kappa shape index (κ1) is 27.8. The Morgan fingerprint density at radius 2 is 0.729 bits per heavy atom. The second kappa shape index (κ2) is 11.7. The van der Waals surface area contributed by atoms with Crippen LogP contribution in [0.5, 0.6) is 0 Å². The summed E-state index contributed by atoms with van der Waals surface area (Å²) in [5.74, 6) is 1.94. The van der Waals surface area contributed by atoms with E-state index >= 15 is 0 Å². The van der Waals surface area contributed by atoms with Gasteiger partial charge in [-0.15, -0.1) is 0 Å². The fourth-order valence-electron chi connectivity index (χ4n) is 6.82. The monoisotopic (exact) mass is 611 g/mol. The second-order valence-corrected chi connectivity index (χ2v) is 12.0. The van der Waals surface area contributed by atoms with Gasteiger partial charge in [0.05, 0.1) is 0 Å². The van der Waals surface area contributed by atoms with Crippen molar-refractivity contribution in [2.45, 2.75) is 0 Å². The Labute approximate surface area is 278 Å². The van der Waals surface area contributed by atoms with Gasteiger partial charge in [-0.2, -0.15) is 0 Å². The van der Waals surface area contributed by atoms with Crippen LogP contribution in [0.25, 0.3) is 88.7 Å². The molecule has 1 heterocycles. The SMILES string of the molecule is c1ccc(-c2nc(-c3ccc4cccc(-c5cccc6ccccc56)c4c3)nc(-c3cccc4c(-c5ccccc5)cccc34)n2)cc1. The summed E-state index contributed by atoms with van der Waals surface area (Å²) in [6, 6.07) is 61.7. The average Bonchev–Trinajstić information content (AvgIpc) is 3.17. The lowest BCUT2D eigenvalue weighted by Gasteiger charge is -2.14. The molecule has 0 saturated heterocycles. The minimum Gasteiger partial charge on any atom is -0.208 e. The molecule has 0 saturated carbocycles. The van der Waals surface area contributed by atoms with Crippen molar-refractivity contribution in [3.63, 3.8) is 0 Å². The third kappa shape index (κ3) is 4.90. The number of hydrogen-bond donors (Lipinski definition) is 0. The lowest BCUT2D eigenvalue weighted by Crippen LogP contribution is -2.00. The summed E-state index contributed by atoms with van der Waals surface area (Å²) in [4.78, 5) is 15.4. The van der Waals surface area contributed by atoms with Crippen LogP contribution in [0.4, 0.5) is 0 Å². The predicted octanol–water partition coefficient (Wildman–Crippen LogP) is 11.7. The smallest absolute Gasteiger partial charge is 0.164 e. The molecule has 0 unspecified atom stereocenters. The highest BCUT2D eigenvalue weighted by atomic mass is 15.0. The van der Waals surface area contributed by atoms with Gasteiger partial charge in [0.1, 0.15) is 0 Å². The van der Waals surface area contributed by atoms with Crippen molar-refractivity contribution in [2.24, 2.45) is 0 Å². The molecule has 0 fully saturated rings. The van der Waals surface area contributed by atoms with Crippen LogP contribution in [0.2, 0.25) is 0 Å². The Morgan fingerprint density at radius 1 is 0.250 bits per heavy atom. The van der Waals surface area contributed by atoms with E-state index in [-0.39, 0.29) is 0 Å². The molecule has 0 bridgehead atoms. The van der Waals surface area contributed by atoms with E-state index in [4.69, 9.17) is 15.0 Å². The van der Waals surface area contributed by atoms with Crippen molar-refractivity contribution in [2.75, 3.05) is 0 Å². The van der Waals surface area contributed by atoms with Crippen molar-refractivity contribution in [3.8, 4) is 56.4 Å². The number of rotatable bonds is 5. The minimum absolute atomic E-state index is 0.643. The molecule has 0 aliphatic carbocycles. The highest BCUT2D eigenvalue weighted by Crippen LogP contribution is 2.37. The molecule has 0 spiro atoms. The zero-order valence-electron chi connectivity index (χ0n) is 26.1. The van der Waals surface area contributed by atoms with E-state index in [1.54, 1.807) is 0 Å². The van der Waals surface area contributed by atoms with Crippen LogP contribution >= 0.6 is 0 Å². The van der Waals surface area contributed by atoms with Crippen LogP contribution < -0.4 is 0 Å². The fourth-order valence-corrected chi connectivity index (χ4v) is 6.82. The summed E-state index contributed by atoms with van der Waals surface area (Å²) in [6.45, 7) is 0. The largest absolute Gasteiger partial charge is 0.208 e. The average molecular weight is 612 g/mol. The fraction of sp³-hybridized carbons (Fsp3) is 0. The molecule has 1 aromatic heterocycles. The van der Waals surface area contributed by atoms with E-state index in [1.165, 1.54) is 38.4 Å². The van der Waals surface area contributed by atoms with Gasteiger partial charge in [0.2, 0.25) is 0 Å². The van der Waals surface area contributed by atoms with Crippen LogP contribution in [0.1, 0.15) is 0 Å². The zero-order valence-corrected chi connectivity index (χ0v) is 26.1. The molecule has 0 aliphatic heterocycles. The van der Waals surface area contributed by atoms with Gasteiger partial charge >= 0.3 is 0 Å². The van der Waals surface area contributed by atoms with E-state index in [2.05, 4.69) is 158 Å². The molecule has 0 amide bonds. The van der Waals surface area contributed by atoms with E-state index in [1.807, 2.05) is 18.2 Å². The molecule has 3 nitrogen and oxygen atoms in total. The van der Waals surface area contributed by atoms with Gasteiger partial charge in [-0.1, -0.05) is 170 Å². The third-order valence-electron chi connectivity index (χ3n) is 9.14. The maximum atomic E-state index is 5.19. The summed E-state index contributed by atoms with van der Waals surface area (Å²) in [5.41, 5.74) is 7.63. The minimum atomic E-state index is 0.643. The summed E-state index contributed by atoms with van der Waals surface area (Å²) >= 11 is 0. The lowest BCUT2D eigenvalue weighted by atomic mass is 9.93. The van der Waals surface area contributed by atoms with Gasteiger partial charge in [0, 0.05) is 16.7 Å². The first-order chi connectivity index (χ1) is 23.8. The van der Waals surface area contributed by atoms with Crippen molar-refractivity contribution < 1.29 is 0 Å². The van der Waals surface area contributed by atoms with Gasteiger partial charge in [-0.05, 0) is 60.6 Å². The molecular weight excluding hydrogens is 583 g/mol. The van der Waals surface area contributed by atoms with Crippen molar-refractivity contribution >= 4 is 32.3 Å². The molecule has 0 radical (unpaired) electrons. The summed E-state index contributed by atoms with van der Waals surface area (Å²) in [7, 11) is 0. The van der Waals surface area contributed by atoms with Crippen LogP contribution in [-0.2, 0) is 0 Å². The van der Waals surface area contributed by atoms with Gasteiger partial charge in [0.15, 0.2) is 17.5 Å². The number of fused-ring (bicyclic) bond motifs is 3. The number of aromatic nitrogens is 3. The number of nitrogens with zero attached hydrogens (tertiary/aromatic N) is 3. The van der Waals surface area contributed by atoms with Crippen LogP contribution in [0.15, 0.2) is 176 Å². The Hall–Kier alpha value is -6.45. The van der Waals surface area contributed by atoms with Crippen molar-refractivity contribution in [3.05, 3.63) is 176 Å². The molecule has 9 rings (SSSR count). The molecule has 9 aromatic rings. The molecule has 0 aliphatic rings. The molecule has 0 atom stereocenters. The summed E-state index contributed by atoms with van der Waals surface area (Å²) in [5, 5.41) is 7.05. The molecule has 3 heteroatoms. The first-order valence-corrected chi connectivity index (χ1v) is 16.2. The molecule has 8 aromatic carbocycles. The van der Waals surface area contributed by atoms with Crippen LogP contribution in [0.3, 0.4) is 0 Å². The number of benzene rings is 8. The predicted molar refractivity (Wildman–Crippen MR) is 200 cm³/mol. The van der Waals surface area contributed by atoms with Gasteiger partial charge in [-0.3, -0.25) is 0 Å². The third-order valence-corrected chi connectivity index (χ3v) is 9.14. The van der Waals surface area contributed by atoms with E-state index < -0.39 is 0 Å². The van der Waals surface area contributed by atoms with E-state index in [0.717, 1.165) is 32.8 Å². The second-order valence-electron chi connectivity index (χ2n) is 12.0. The van der Waals surface area contributed by atoms with Crippen LogP contribution in [0, 0.1) is 0 Å². The Morgan fingerprint density at radius 3 is 1.48 bits per heavy atom. The standard InChI is InChI=1S/C45H29N3/c1-3-13-30(14-4-1)36-21-11-25-39-37(36)24-12-26-41(39)45-47-43(33-16-5-2-6-17-33)46-44(48-45)34-28-27-32-19-10-23-40(42(32)29-34)38-22-9-18-31-15-7-8-20-35(31)38/h1-29H. The Balaban J connectivity index is 1.26. The van der Waals surface area contributed by atoms with E-state index in [9.17, 15) is 0 Å². The molecule has 0 N–H and O–H groups in total. The Bertz CT molecular complexity index is 2600. The normalized spacial score (nSPS) is 11.3. The maximum Gasteiger partial charge on any atom is 0.164 e. The van der Waals surface area contributed by atoms with Gasteiger partial charge < -0.3 is 0 Å².